The topological polar surface area (TPSA) is 29.9 Å². The van der Waals surface area contributed by atoms with Crippen LogP contribution in [-0.4, -0.2) is 16.8 Å². The summed E-state index contributed by atoms with van der Waals surface area (Å²) in [5.41, 5.74) is 1.80. The average Bonchev–Trinajstić information content (AvgIpc) is 2.65. The third kappa shape index (κ3) is 2.26. The number of benzene rings is 1. The highest BCUT2D eigenvalue weighted by Gasteiger charge is 2.15. The SMILES string of the molecule is CNCc1cn(C)nc1-c1cc(F)c(C)cc1F. The lowest BCUT2D eigenvalue weighted by atomic mass is 10.1. The van der Waals surface area contributed by atoms with E-state index in [4.69, 9.17) is 0 Å². The number of hydrogen-bond acceptors (Lipinski definition) is 2. The van der Waals surface area contributed by atoms with E-state index < -0.39 is 11.6 Å². The maximum absolute atomic E-state index is 13.9. The van der Waals surface area contributed by atoms with Crippen LogP contribution in [0.2, 0.25) is 0 Å². The molecule has 0 saturated carbocycles. The van der Waals surface area contributed by atoms with Crippen LogP contribution in [0.5, 0.6) is 0 Å². The first-order valence-corrected chi connectivity index (χ1v) is 5.66. The number of halogens is 2. The van der Waals surface area contributed by atoms with Gasteiger partial charge < -0.3 is 5.32 Å². The Labute approximate surface area is 104 Å². The van der Waals surface area contributed by atoms with Crippen LogP contribution in [-0.2, 0) is 13.6 Å². The zero-order chi connectivity index (χ0) is 13.3. The van der Waals surface area contributed by atoms with E-state index in [-0.39, 0.29) is 5.56 Å². The summed E-state index contributed by atoms with van der Waals surface area (Å²) < 4.78 is 29.1. The van der Waals surface area contributed by atoms with Crippen molar-refractivity contribution in [2.24, 2.45) is 7.05 Å². The van der Waals surface area contributed by atoms with Crippen molar-refractivity contribution in [1.29, 1.82) is 0 Å². The first-order valence-electron chi connectivity index (χ1n) is 5.66. The summed E-state index contributed by atoms with van der Waals surface area (Å²) in [4.78, 5) is 0. The summed E-state index contributed by atoms with van der Waals surface area (Å²) in [5.74, 6) is -0.877. The number of aromatic nitrogens is 2. The molecule has 0 unspecified atom stereocenters. The molecule has 1 N–H and O–H groups in total. The van der Waals surface area contributed by atoms with Crippen LogP contribution < -0.4 is 5.32 Å². The molecule has 0 fully saturated rings. The van der Waals surface area contributed by atoms with E-state index in [0.29, 0.717) is 17.8 Å². The summed E-state index contributed by atoms with van der Waals surface area (Å²) >= 11 is 0. The monoisotopic (exact) mass is 251 g/mol. The lowest BCUT2D eigenvalue weighted by molar-refractivity contribution is 0.594. The van der Waals surface area contributed by atoms with Crippen LogP contribution in [0.1, 0.15) is 11.1 Å². The number of rotatable bonds is 3. The molecule has 3 nitrogen and oxygen atoms in total. The molecule has 2 rings (SSSR count). The Morgan fingerprint density at radius 1 is 1.28 bits per heavy atom. The van der Waals surface area contributed by atoms with Gasteiger partial charge in [-0.2, -0.15) is 5.10 Å². The fourth-order valence-corrected chi connectivity index (χ4v) is 1.91. The minimum Gasteiger partial charge on any atom is -0.316 e. The highest BCUT2D eigenvalue weighted by Crippen LogP contribution is 2.27. The first kappa shape index (κ1) is 12.7. The Morgan fingerprint density at radius 3 is 2.67 bits per heavy atom. The van der Waals surface area contributed by atoms with Gasteiger partial charge >= 0.3 is 0 Å². The van der Waals surface area contributed by atoms with Crippen molar-refractivity contribution >= 4 is 0 Å². The molecule has 1 aromatic carbocycles. The maximum atomic E-state index is 13.9. The molecular formula is C13H15F2N3. The van der Waals surface area contributed by atoms with Gasteiger partial charge in [0.2, 0.25) is 0 Å². The third-order valence-corrected chi connectivity index (χ3v) is 2.78. The standard InChI is InChI=1S/C13H15F2N3/c1-8-4-12(15)10(5-11(8)14)13-9(6-16-2)7-18(3)17-13/h4-5,7,16H,6H2,1-3H3. The summed E-state index contributed by atoms with van der Waals surface area (Å²) in [6.07, 6.45) is 1.79. The largest absolute Gasteiger partial charge is 0.316 e. The summed E-state index contributed by atoms with van der Waals surface area (Å²) in [7, 11) is 3.55. The Hall–Kier alpha value is -1.75. The molecular weight excluding hydrogens is 236 g/mol. The van der Waals surface area contributed by atoms with Crippen molar-refractivity contribution in [2.75, 3.05) is 7.05 Å². The molecule has 0 atom stereocenters. The predicted octanol–water partition coefficient (Wildman–Crippen LogP) is 2.39. The smallest absolute Gasteiger partial charge is 0.133 e. The quantitative estimate of drug-likeness (QED) is 0.907. The highest BCUT2D eigenvalue weighted by molar-refractivity contribution is 5.64. The minimum atomic E-state index is -0.454. The lowest BCUT2D eigenvalue weighted by Crippen LogP contribution is -2.05. The molecule has 1 aromatic heterocycles. The highest BCUT2D eigenvalue weighted by atomic mass is 19.1. The van der Waals surface area contributed by atoms with Gasteiger partial charge in [-0.3, -0.25) is 4.68 Å². The number of nitrogens with one attached hydrogen (secondary N) is 1. The second-order valence-electron chi connectivity index (χ2n) is 4.29. The molecule has 96 valence electrons. The van der Waals surface area contributed by atoms with E-state index in [9.17, 15) is 8.78 Å². The molecule has 0 saturated heterocycles. The van der Waals surface area contributed by atoms with Gasteiger partial charge in [0.25, 0.3) is 0 Å². The second kappa shape index (κ2) is 4.86. The Kier molecular flexibility index (Phi) is 3.43. The molecule has 0 spiro atoms. The zero-order valence-corrected chi connectivity index (χ0v) is 10.6. The van der Waals surface area contributed by atoms with Crippen molar-refractivity contribution in [1.82, 2.24) is 15.1 Å². The van der Waals surface area contributed by atoms with E-state index in [0.717, 1.165) is 5.56 Å². The van der Waals surface area contributed by atoms with Crippen LogP contribution in [0.4, 0.5) is 8.78 Å². The van der Waals surface area contributed by atoms with E-state index in [2.05, 4.69) is 10.4 Å². The van der Waals surface area contributed by atoms with Crippen molar-refractivity contribution in [3.63, 3.8) is 0 Å². The predicted molar refractivity (Wildman–Crippen MR) is 66.1 cm³/mol. The fourth-order valence-electron chi connectivity index (χ4n) is 1.91. The fraction of sp³-hybridized carbons (Fsp3) is 0.308. The number of hydrogen-bond donors (Lipinski definition) is 1. The van der Waals surface area contributed by atoms with Gasteiger partial charge in [-0.1, -0.05) is 0 Å². The van der Waals surface area contributed by atoms with E-state index >= 15 is 0 Å². The van der Waals surface area contributed by atoms with Crippen molar-refractivity contribution in [3.05, 3.63) is 41.1 Å². The van der Waals surface area contributed by atoms with Crippen molar-refractivity contribution < 1.29 is 8.78 Å². The molecule has 0 aliphatic carbocycles. The molecule has 0 amide bonds. The molecule has 2 aromatic rings. The van der Waals surface area contributed by atoms with Gasteiger partial charge in [-0.05, 0) is 31.7 Å². The zero-order valence-electron chi connectivity index (χ0n) is 10.6. The molecule has 1 heterocycles. The van der Waals surface area contributed by atoms with Crippen molar-refractivity contribution in [3.8, 4) is 11.3 Å². The molecule has 0 aliphatic heterocycles. The van der Waals surface area contributed by atoms with Crippen molar-refractivity contribution in [2.45, 2.75) is 13.5 Å². The molecule has 5 heteroatoms. The van der Waals surface area contributed by atoms with Gasteiger partial charge in [-0.25, -0.2) is 8.78 Å². The van der Waals surface area contributed by atoms with Gasteiger partial charge in [0.1, 0.15) is 11.6 Å². The minimum absolute atomic E-state index is 0.198. The van der Waals surface area contributed by atoms with Crippen LogP contribution in [0.15, 0.2) is 18.3 Å². The lowest BCUT2D eigenvalue weighted by Gasteiger charge is -2.05. The van der Waals surface area contributed by atoms with Crippen LogP contribution in [0, 0.1) is 18.6 Å². The van der Waals surface area contributed by atoms with Gasteiger partial charge in [0.05, 0.1) is 5.69 Å². The molecule has 0 bridgehead atoms. The van der Waals surface area contributed by atoms with Crippen LogP contribution in [0.3, 0.4) is 0 Å². The molecule has 0 radical (unpaired) electrons. The van der Waals surface area contributed by atoms with Gasteiger partial charge in [0.15, 0.2) is 0 Å². The van der Waals surface area contributed by atoms with Crippen LogP contribution >= 0.6 is 0 Å². The second-order valence-corrected chi connectivity index (χ2v) is 4.29. The normalized spacial score (nSPS) is 10.9. The number of nitrogens with zero attached hydrogens (tertiary/aromatic N) is 2. The van der Waals surface area contributed by atoms with Crippen LogP contribution in [0.25, 0.3) is 11.3 Å². The Morgan fingerprint density at radius 2 is 2.00 bits per heavy atom. The van der Waals surface area contributed by atoms with Gasteiger partial charge in [0, 0.05) is 30.9 Å². The Balaban J connectivity index is 2.57. The van der Waals surface area contributed by atoms with Gasteiger partial charge in [-0.15, -0.1) is 0 Å². The van der Waals surface area contributed by atoms with E-state index in [1.165, 1.54) is 19.1 Å². The summed E-state index contributed by atoms with van der Waals surface area (Å²) in [6.45, 7) is 2.09. The molecule has 0 aliphatic rings. The Bertz CT molecular complexity index is 576. The number of aryl methyl sites for hydroxylation is 2. The molecule has 18 heavy (non-hydrogen) atoms. The maximum Gasteiger partial charge on any atom is 0.133 e. The summed E-state index contributed by atoms with van der Waals surface area (Å²) in [6, 6.07) is 2.40. The van der Waals surface area contributed by atoms with E-state index in [1.807, 2.05) is 0 Å². The van der Waals surface area contributed by atoms with E-state index in [1.54, 1.807) is 25.0 Å². The third-order valence-electron chi connectivity index (χ3n) is 2.78. The first-order chi connectivity index (χ1) is 8.52. The average molecular weight is 251 g/mol. The summed E-state index contributed by atoms with van der Waals surface area (Å²) in [5, 5.41) is 7.18.